The predicted octanol–water partition coefficient (Wildman–Crippen LogP) is 5.28. The summed E-state index contributed by atoms with van der Waals surface area (Å²) in [5.41, 5.74) is 9.84. The van der Waals surface area contributed by atoms with Gasteiger partial charge >= 0.3 is 0 Å². The summed E-state index contributed by atoms with van der Waals surface area (Å²) in [7, 11) is -7.49. The Morgan fingerprint density at radius 1 is 0.688 bits per heavy atom. The number of hydrogen-bond acceptors (Lipinski definition) is 13. The molecule has 64 heavy (non-hydrogen) atoms. The third-order valence-corrected chi connectivity index (χ3v) is 15.1. The normalized spacial score (nSPS) is 13.3. The van der Waals surface area contributed by atoms with Crippen LogP contribution >= 0.6 is 0 Å². The Labute approximate surface area is 369 Å². The number of carbonyl (C=O) groups excluding carboxylic acids is 2. The molecule has 2 amide bonds. The molecule has 4 aromatic carbocycles. The molecule has 0 saturated heterocycles. The summed E-state index contributed by atoms with van der Waals surface area (Å²) in [5, 5.41) is 35.6. The van der Waals surface area contributed by atoms with E-state index in [1.165, 1.54) is 42.2 Å². The summed E-state index contributed by atoms with van der Waals surface area (Å²) in [4.78, 5) is 36.4. The van der Waals surface area contributed by atoms with E-state index in [4.69, 9.17) is 24.7 Å². The lowest BCUT2D eigenvalue weighted by Crippen LogP contribution is -2.49. The van der Waals surface area contributed by atoms with Gasteiger partial charge in [0.15, 0.2) is 29.2 Å². The molecule has 0 spiro atoms. The molecule has 3 aromatic heterocycles. The number of aryl methyl sites for hydroxylation is 4. The molecule has 7 aromatic rings. The van der Waals surface area contributed by atoms with E-state index < -0.39 is 41.0 Å². The first-order valence-corrected chi connectivity index (χ1v) is 23.5. The Kier molecular flexibility index (Phi) is 15.6. The Balaban J connectivity index is 0.000000228. The van der Waals surface area contributed by atoms with Gasteiger partial charge in [-0.15, -0.1) is 0 Å². The zero-order chi connectivity index (χ0) is 46.7. The van der Waals surface area contributed by atoms with Crippen LogP contribution in [-0.4, -0.2) is 97.2 Å². The third kappa shape index (κ3) is 11.4. The van der Waals surface area contributed by atoms with E-state index in [9.17, 15) is 26.4 Å². The summed E-state index contributed by atoms with van der Waals surface area (Å²) >= 11 is 0. The Hall–Kier alpha value is -6.74. The molecule has 0 aliphatic carbocycles. The number of hydroxylamine groups is 2. The van der Waals surface area contributed by atoms with Gasteiger partial charge in [0.1, 0.15) is 6.26 Å². The van der Waals surface area contributed by atoms with Crippen LogP contribution in [0.3, 0.4) is 0 Å². The minimum absolute atomic E-state index is 0.00687. The number of carbonyl (C=O) groups is 3. The summed E-state index contributed by atoms with van der Waals surface area (Å²) in [6.07, 6.45) is 10.6. The van der Waals surface area contributed by atoms with Crippen LogP contribution < -0.4 is 11.0 Å². The lowest BCUT2D eigenvalue weighted by atomic mass is 10.0. The molecule has 7 rings (SSSR count). The molecule has 0 fully saturated rings. The van der Waals surface area contributed by atoms with Gasteiger partial charge < -0.3 is 9.52 Å². The maximum Gasteiger partial charge on any atom is 0.290 e. The number of sulfone groups is 2. The van der Waals surface area contributed by atoms with Gasteiger partial charge in [-0.05, 0) is 98.2 Å². The van der Waals surface area contributed by atoms with Gasteiger partial charge in [-0.25, -0.2) is 32.8 Å². The quantitative estimate of drug-likeness (QED) is 0.0498. The number of nitrogens with one attached hydrogen (secondary N) is 2. The zero-order valence-electron chi connectivity index (χ0n) is 35.4. The zero-order valence-corrected chi connectivity index (χ0v) is 37.1. The molecule has 20 heteroatoms. The van der Waals surface area contributed by atoms with E-state index in [0.29, 0.717) is 5.89 Å². The van der Waals surface area contributed by atoms with Crippen LogP contribution in [0.15, 0.2) is 120 Å². The average molecular weight is 916 g/mol. The van der Waals surface area contributed by atoms with E-state index in [1.807, 2.05) is 79.0 Å². The van der Waals surface area contributed by atoms with Crippen molar-refractivity contribution in [2.45, 2.75) is 62.1 Å². The molecule has 5 N–H and O–H groups in total. The summed E-state index contributed by atoms with van der Waals surface area (Å²) < 4.78 is 53.5. The lowest BCUT2D eigenvalue weighted by Gasteiger charge is -2.24. The second kappa shape index (κ2) is 20.6. The van der Waals surface area contributed by atoms with Crippen molar-refractivity contribution in [2.75, 3.05) is 12.5 Å². The Bertz CT molecular complexity index is 2920. The van der Waals surface area contributed by atoms with Crippen molar-refractivity contribution in [1.29, 1.82) is 0 Å². The van der Waals surface area contributed by atoms with Gasteiger partial charge in [0.2, 0.25) is 5.89 Å². The van der Waals surface area contributed by atoms with Crippen molar-refractivity contribution in [3.63, 3.8) is 0 Å². The second-order valence-electron chi connectivity index (χ2n) is 15.3. The number of hydrogen-bond donors (Lipinski definition) is 5. The number of aromatic nitrogens is 5. The van der Waals surface area contributed by atoms with Crippen molar-refractivity contribution in [2.24, 2.45) is 0 Å². The van der Waals surface area contributed by atoms with E-state index in [-0.39, 0.29) is 32.4 Å². The summed E-state index contributed by atoms with van der Waals surface area (Å²) in [6, 6.07) is 30.0. The van der Waals surface area contributed by atoms with Gasteiger partial charge in [0, 0.05) is 54.3 Å². The van der Waals surface area contributed by atoms with Crippen molar-refractivity contribution in [3.05, 3.63) is 127 Å². The predicted molar refractivity (Wildman–Crippen MR) is 239 cm³/mol. The first-order valence-electron chi connectivity index (χ1n) is 19.7. The van der Waals surface area contributed by atoms with E-state index in [2.05, 4.69) is 33.4 Å². The highest BCUT2D eigenvalue weighted by Gasteiger charge is 2.44. The highest BCUT2D eigenvalue weighted by Crippen LogP contribution is 2.28. The van der Waals surface area contributed by atoms with Crippen LogP contribution in [-0.2, 0) is 60.0 Å². The molecule has 3 heterocycles. The van der Waals surface area contributed by atoms with Gasteiger partial charge in [-0.2, -0.15) is 10.2 Å². The van der Waals surface area contributed by atoms with Gasteiger partial charge in [0.25, 0.3) is 18.3 Å². The van der Waals surface area contributed by atoms with Crippen molar-refractivity contribution < 1.29 is 51.2 Å². The number of amides is 2. The lowest BCUT2D eigenvalue weighted by molar-refractivity contribution is -0.132. The number of oxazole rings is 1. The standard InChI is InChI=1S/C22H22N4O5S.C21H25N3O4S.CH2O2/c1-22(21(27)25-28,32(2,29)30)9-11-26-14-18-13-17(7-8-19(18)24-26)15-3-5-16(6-4-15)20-23-10-12-31-20;1-21(20(25)23-26,29(2,27)28)12-13-24-15-18-14-17(10-11-19(18)22-24)9-8-16-6-4-3-5-7-16;2-1-3/h3-8,10,12-14,28H,9,11H2,1-2H3,(H,25,27);3-7,10-11,14-15,26H,8-9,12-13H2,1-2H3,(H,23,25);1H,(H,2,3)/t22-;21-;/m11./s1. The van der Waals surface area contributed by atoms with E-state index >= 15 is 0 Å². The van der Waals surface area contributed by atoms with E-state index in [1.54, 1.807) is 21.8 Å². The topological polar surface area (TPSA) is 266 Å². The molecule has 0 bridgehead atoms. The van der Waals surface area contributed by atoms with E-state index in [0.717, 1.165) is 63.8 Å². The monoisotopic (exact) mass is 915 g/mol. The highest BCUT2D eigenvalue weighted by molar-refractivity contribution is 7.93. The van der Waals surface area contributed by atoms with Crippen LogP contribution in [0, 0.1) is 0 Å². The fourth-order valence-corrected chi connectivity index (χ4v) is 8.39. The van der Waals surface area contributed by atoms with Crippen LogP contribution in [0.4, 0.5) is 0 Å². The molecular weight excluding hydrogens is 867 g/mol. The van der Waals surface area contributed by atoms with Crippen LogP contribution in [0.5, 0.6) is 0 Å². The van der Waals surface area contributed by atoms with Gasteiger partial charge in [-0.1, -0.05) is 54.6 Å². The third-order valence-electron chi connectivity index (χ3n) is 11.0. The number of rotatable bonds is 15. The molecule has 0 aliphatic rings. The van der Waals surface area contributed by atoms with Crippen molar-refractivity contribution >= 4 is 59.8 Å². The smallest absolute Gasteiger partial charge is 0.290 e. The molecule has 2 atom stereocenters. The number of nitrogens with zero attached hydrogens (tertiary/aromatic N) is 5. The first kappa shape index (κ1) is 48.3. The largest absolute Gasteiger partial charge is 0.483 e. The highest BCUT2D eigenvalue weighted by atomic mass is 32.2. The van der Waals surface area contributed by atoms with Gasteiger partial charge in [0.05, 0.1) is 17.2 Å². The van der Waals surface area contributed by atoms with Crippen LogP contribution in [0.25, 0.3) is 44.4 Å². The number of fused-ring (bicyclic) bond motifs is 2. The Morgan fingerprint density at radius 2 is 1.16 bits per heavy atom. The minimum Gasteiger partial charge on any atom is -0.483 e. The molecular formula is C44H49N7O11S2. The maximum atomic E-state index is 12.1. The fraction of sp³-hybridized carbons (Fsp3) is 0.273. The van der Waals surface area contributed by atoms with Crippen LogP contribution in [0.2, 0.25) is 0 Å². The first-order chi connectivity index (χ1) is 30.3. The summed E-state index contributed by atoms with van der Waals surface area (Å²) in [5.74, 6) is -1.35. The van der Waals surface area contributed by atoms with Crippen molar-refractivity contribution in [3.8, 4) is 22.6 Å². The SMILES string of the molecule is C[C@@](CCn1cc2cc(-c3ccc(-c4ncco4)cc3)ccc2n1)(C(=O)NO)S(C)(=O)=O.C[C@@](CCn1cc2cc(CCc3ccccc3)ccc2n1)(C(=O)NO)S(C)(=O)=O.O=CO. The number of benzene rings is 4. The van der Waals surface area contributed by atoms with Gasteiger partial charge in [-0.3, -0.25) is 34.2 Å². The Morgan fingerprint density at radius 3 is 1.64 bits per heavy atom. The minimum atomic E-state index is -3.76. The molecule has 0 saturated carbocycles. The second-order valence-corrected chi connectivity index (χ2v) is 20.2. The fourth-order valence-electron chi connectivity index (χ4n) is 6.70. The molecule has 0 radical (unpaired) electrons. The molecule has 338 valence electrons. The average Bonchev–Trinajstić information content (AvgIpc) is 4.06. The molecule has 0 aliphatic heterocycles. The van der Waals surface area contributed by atoms with Crippen LogP contribution in [0.1, 0.15) is 37.8 Å². The maximum absolute atomic E-state index is 12.1. The molecule has 0 unspecified atom stereocenters. The molecule has 18 nitrogen and oxygen atoms in total. The summed E-state index contributed by atoms with van der Waals surface area (Å²) in [6.45, 7) is 2.76. The van der Waals surface area contributed by atoms with Crippen molar-refractivity contribution in [1.82, 2.24) is 35.5 Å². The number of carboxylic acid groups (broad SMARTS) is 1.